The van der Waals surface area contributed by atoms with Crippen LogP contribution in [0.3, 0.4) is 0 Å². The Hall–Kier alpha value is -2.58. The molecule has 0 atom stereocenters. The van der Waals surface area contributed by atoms with Crippen molar-refractivity contribution < 1.29 is 17.6 Å². The largest absolute Gasteiger partial charge is 0.321 e. The van der Waals surface area contributed by atoms with Gasteiger partial charge in [0.1, 0.15) is 10.7 Å². The van der Waals surface area contributed by atoms with Crippen molar-refractivity contribution in [3.8, 4) is 0 Å². The lowest BCUT2D eigenvalue weighted by Crippen LogP contribution is -2.12. The fourth-order valence-electron chi connectivity index (χ4n) is 2.51. The molecule has 0 saturated heterocycles. The van der Waals surface area contributed by atoms with E-state index < -0.39 is 9.84 Å². The molecular formula is C19H17FN2O3S2. The quantitative estimate of drug-likeness (QED) is 0.701. The van der Waals surface area contributed by atoms with Crippen molar-refractivity contribution in [1.82, 2.24) is 4.98 Å². The molecule has 1 amide bonds. The Bertz CT molecular complexity index is 1090. The molecular weight excluding hydrogens is 387 g/mol. The molecule has 1 heterocycles. The van der Waals surface area contributed by atoms with Gasteiger partial charge in [-0.25, -0.2) is 17.8 Å². The van der Waals surface area contributed by atoms with Crippen LogP contribution < -0.4 is 5.32 Å². The summed E-state index contributed by atoms with van der Waals surface area (Å²) in [7, 11) is -3.36. The van der Waals surface area contributed by atoms with E-state index in [-0.39, 0.29) is 16.6 Å². The van der Waals surface area contributed by atoms with Gasteiger partial charge in [0.2, 0.25) is 0 Å². The first kappa shape index (κ1) is 19.2. The van der Waals surface area contributed by atoms with Gasteiger partial charge in [0.25, 0.3) is 5.91 Å². The van der Waals surface area contributed by atoms with Crippen LogP contribution in [0.1, 0.15) is 25.9 Å². The van der Waals surface area contributed by atoms with Gasteiger partial charge in [-0.1, -0.05) is 18.2 Å². The molecule has 0 aliphatic carbocycles. The Morgan fingerprint density at radius 2 is 1.89 bits per heavy atom. The van der Waals surface area contributed by atoms with Gasteiger partial charge < -0.3 is 5.32 Å². The van der Waals surface area contributed by atoms with Crippen molar-refractivity contribution in [3.05, 3.63) is 75.5 Å². The molecule has 1 aromatic heterocycles. The van der Waals surface area contributed by atoms with Crippen LogP contribution in [-0.2, 0) is 16.3 Å². The van der Waals surface area contributed by atoms with Gasteiger partial charge in [0, 0.05) is 18.4 Å². The minimum atomic E-state index is -3.36. The van der Waals surface area contributed by atoms with Crippen molar-refractivity contribution in [2.45, 2.75) is 18.2 Å². The van der Waals surface area contributed by atoms with Crippen LogP contribution >= 0.6 is 11.3 Å². The van der Waals surface area contributed by atoms with Crippen LogP contribution in [0.5, 0.6) is 0 Å². The Morgan fingerprint density at radius 3 is 2.56 bits per heavy atom. The molecule has 0 fully saturated rings. The van der Waals surface area contributed by atoms with Crippen LogP contribution in [0.15, 0.2) is 53.4 Å². The fraction of sp³-hybridized carbons (Fsp3) is 0.158. The Kier molecular flexibility index (Phi) is 5.38. The number of halogens is 1. The number of nitrogens with one attached hydrogen (secondary N) is 1. The number of hydrogen-bond acceptors (Lipinski definition) is 5. The van der Waals surface area contributed by atoms with E-state index in [1.165, 1.54) is 35.6 Å². The SMILES string of the molecule is Cc1nc(Cc2ccc(F)cc2)sc1C(=O)Nc1cccc(S(C)(=O)=O)c1. The molecule has 0 saturated carbocycles. The highest BCUT2D eigenvalue weighted by Gasteiger charge is 2.16. The molecule has 0 aliphatic heterocycles. The van der Waals surface area contributed by atoms with E-state index in [0.29, 0.717) is 22.7 Å². The molecule has 0 bridgehead atoms. The second kappa shape index (κ2) is 7.58. The van der Waals surface area contributed by atoms with Gasteiger partial charge in [-0.05, 0) is 42.8 Å². The van der Waals surface area contributed by atoms with Crippen LogP contribution in [-0.4, -0.2) is 25.6 Å². The molecule has 5 nitrogen and oxygen atoms in total. The summed E-state index contributed by atoms with van der Waals surface area (Å²) in [6, 6.07) is 12.2. The number of amides is 1. The van der Waals surface area contributed by atoms with E-state index in [1.54, 1.807) is 31.2 Å². The van der Waals surface area contributed by atoms with Crippen LogP contribution in [0.25, 0.3) is 0 Å². The molecule has 1 N–H and O–H groups in total. The molecule has 8 heteroatoms. The van der Waals surface area contributed by atoms with Crippen LogP contribution in [0, 0.1) is 12.7 Å². The van der Waals surface area contributed by atoms with E-state index >= 15 is 0 Å². The highest BCUT2D eigenvalue weighted by atomic mass is 32.2. The monoisotopic (exact) mass is 404 g/mol. The Balaban J connectivity index is 1.77. The topological polar surface area (TPSA) is 76.1 Å². The fourth-order valence-corrected chi connectivity index (χ4v) is 4.17. The molecule has 0 spiro atoms. The van der Waals surface area contributed by atoms with Gasteiger partial charge in [-0.15, -0.1) is 11.3 Å². The smallest absolute Gasteiger partial charge is 0.267 e. The summed E-state index contributed by atoms with van der Waals surface area (Å²) in [5.74, 6) is -0.647. The molecule has 3 aromatic rings. The highest BCUT2D eigenvalue weighted by Crippen LogP contribution is 2.23. The number of hydrogen-bond donors (Lipinski definition) is 1. The van der Waals surface area contributed by atoms with E-state index in [0.717, 1.165) is 16.8 Å². The Morgan fingerprint density at radius 1 is 1.19 bits per heavy atom. The molecule has 0 unspecified atom stereocenters. The first-order chi connectivity index (χ1) is 12.7. The van der Waals surface area contributed by atoms with E-state index in [1.807, 2.05) is 0 Å². The number of thiazole rings is 1. The average Bonchev–Trinajstić information content (AvgIpc) is 2.97. The first-order valence-electron chi connectivity index (χ1n) is 8.04. The lowest BCUT2D eigenvalue weighted by Gasteiger charge is -2.06. The summed E-state index contributed by atoms with van der Waals surface area (Å²) in [6.07, 6.45) is 1.62. The maximum Gasteiger partial charge on any atom is 0.267 e. The molecule has 140 valence electrons. The molecule has 0 aliphatic rings. The van der Waals surface area contributed by atoms with Crippen LogP contribution in [0.2, 0.25) is 0 Å². The van der Waals surface area contributed by atoms with Crippen molar-refractivity contribution in [1.29, 1.82) is 0 Å². The van der Waals surface area contributed by atoms with Crippen molar-refractivity contribution in [3.63, 3.8) is 0 Å². The van der Waals surface area contributed by atoms with E-state index in [4.69, 9.17) is 0 Å². The third-order valence-corrected chi connectivity index (χ3v) is 6.10. The zero-order valence-corrected chi connectivity index (χ0v) is 16.3. The standard InChI is InChI=1S/C19H17FN2O3S2/c1-12-18(26-17(21-12)10-13-6-8-14(20)9-7-13)19(23)22-15-4-3-5-16(11-15)27(2,24)25/h3-9,11H,10H2,1-2H3,(H,22,23). The van der Waals surface area contributed by atoms with Gasteiger partial charge in [-0.2, -0.15) is 0 Å². The summed E-state index contributed by atoms with van der Waals surface area (Å²) >= 11 is 1.26. The summed E-state index contributed by atoms with van der Waals surface area (Å²) in [6.45, 7) is 1.74. The number of nitrogens with zero attached hydrogens (tertiary/aromatic N) is 1. The number of carbonyl (C=O) groups is 1. The maximum atomic E-state index is 13.0. The van der Waals surface area contributed by atoms with Gasteiger partial charge in [0.05, 0.1) is 15.6 Å². The number of sulfone groups is 1. The highest BCUT2D eigenvalue weighted by molar-refractivity contribution is 7.90. The molecule has 3 rings (SSSR count). The number of carbonyl (C=O) groups excluding carboxylic acids is 1. The third kappa shape index (κ3) is 4.78. The average molecular weight is 404 g/mol. The number of aryl methyl sites for hydroxylation is 1. The zero-order valence-electron chi connectivity index (χ0n) is 14.7. The van der Waals surface area contributed by atoms with Crippen molar-refractivity contribution in [2.24, 2.45) is 0 Å². The summed E-state index contributed by atoms with van der Waals surface area (Å²) in [5, 5.41) is 3.46. The van der Waals surface area contributed by atoms with Crippen molar-refractivity contribution >= 4 is 32.8 Å². The number of anilines is 1. The molecule has 0 radical (unpaired) electrons. The minimum Gasteiger partial charge on any atom is -0.321 e. The second-order valence-electron chi connectivity index (χ2n) is 6.08. The molecule has 27 heavy (non-hydrogen) atoms. The lowest BCUT2D eigenvalue weighted by molar-refractivity contribution is 0.102. The lowest BCUT2D eigenvalue weighted by atomic mass is 10.1. The summed E-state index contributed by atoms with van der Waals surface area (Å²) in [5.41, 5.74) is 1.89. The minimum absolute atomic E-state index is 0.137. The summed E-state index contributed by atoms with van der Waals surface area (Å²) < 4.78 is 36.3. The maximum absolute atomic E-state index is 13.0. The van der Waals surface area contributed by atoms with E-state index in [9.17, 15) is 17.6 Å². The van der Waals surface area contributed by atoms with Gasteiger partial charge in [-0.3, -0.25) is 4.79 Å². The Labute approximate surface area is 160 Å². The first-order valence-corrected chi connectivity index (χ1v) is 10.8. The zero-order chi connectivity index (χ0) is 19.6. The third-order valence-electron chi connectivity index (χ3n) is 3.84. The molecule has 2 aromatic carbocycles. The van der Waals surface area contributed by atoms with Gasteiger partial charge >= 0.3 is 0 Å². The second-order valence-corrected chi connectivity index (χ2v) is 9.18. The normalized spacial score (nSPS) is 11.4. The number of benzene rings is 2. The number of rotatable bonds is 5. The van der Waals surface area contributed by atoms with Crippen LogP contribution in [0.4, 0.5) is 10.1 Å². The number of aromatic nitrogens is 1. The van der Waals surface area contributed by atoms with E-state index in [2.05, 4.69) is 10.3 Å². The predicted octanol–water partition coefficient (Wildman–Crippen LogP) is 3.84. The summed E-state index contributed by atoms with van der Waals surface area (Å²) in [4.78, 5) is 17.6. The predicted molar refractivity (Wildman–Crippen MR) is 104 cm³/mol. The van der Waals surface area contributed by atoms with Gasteiger partial charge in [0.15, 0.2) is 9.84 Å². The van der Waals surface area contributed by atoms with Crippen molar-refractivity contribution in [2.75, 3.05) is 11.6 Å².